The van der Waals surface area contributed by atoms with E-state index in [-0.39, 0.29) is 23.7 Å². The number of benzene rings is 1. The van der Waals surface area contributed by atoms with Gasteiger partial charge < -0.3 is 5.11 Å². The zero-order valence-corrected chi connectivity index (χ0v) is 10.7. The zero-order chi connectivity index (χ0) is 14.8. The van der Waals surface area contributed by atoms with Crippen molar-refractivity contribution in [1.29, 1.82) is 0 Å². The maximum atomic E-state index is 12.3. The molecular formula is C15H13NO4. The quantitative estimate of drug-likeness (QED) is 0.518. The highest BCUT2D eigenvalue weighted by Crippen LogP contribution is 2.37. The molecule has 0 saturated carbocycles. The molecular weight excluding hydrogens is 258 g/mol. The summed E-state index contributed by atoms with van der Waals surface area (Å²) in [6, 6.07) is 6.07. The van der Waals surface area contributed by atoms with E-state index in [1.165, 1.54) is 30.4 Å². The summed E-state index contributed by atoms with van der Waals surface area (Å²) >= 11 is 0. The molecule has 5 nitrogen and oxygen atoms in total. The van der Waals surface area contributed by atoms with E-state index in [1.54, 1.807) is 18.2 Å². The SMILES string of the molecule is C=CC(=O)C1(c2ccc(O)cc2)C=CC=C([N+](=O)[O-])C1. The predicted octanol–water partition coefficient (Wildman–Crippen LogP) is 2.51. The van der Waals surface area contributed by atoms with Crippen LogP contribution in [0.25, 0.3) is 0 Å². The molecule has 0 saturated heterocycles. The van der Waals surface area contributed by atoms with Gasteiger partial charge in [-0.25, -0.2) is 0 Å². The number of rotatable bonds is 4. The van der Waals surface area contributed by atoms with Gasteiger partial charge in [0.05, 0.1) is 16.8 Å². The van der Waals surface area contributed by atoms with Gasteiger partial charge in [0.1, 0.15) is 5.75 Å². The summed E-state index contributed by atoms with van der Waals surface area (Å²) in [6.45, 7) is 3.47. The molecule has 0 heterocycles. The number of nitrogens with zero attached hydrogens (tertiary/aromatic N) is 1. The summed E-state index contributed by atoms with van der Waals surface area (Å²) in [5.41, 5.74) is -0.577. The fraction of sp³-hybridized carbons (Fsp3) is 0.133. The Bertz CT molecular complexity index is 628. The van der Waals surface area contributed by atoms with Gasteiger partial charge in [-0.2, -0.15) is 0 Å². The van der Waals surface area contributed by atoms with E-state index >= 15 is 0 Å². The molecule has 5 heteroatoms. The largest absolute Gasteiger partial charge is 0.508 e. The Morgan fingerprint density at radius 3 is 2.60 bits per heavy atom. The zero-order valence-electron chi connectivity index (χ0n) is 10.7. The minimum absolute atomic E-state index is 0.0317. The van der Waals surface area contributed by atoms with Crippen molar-refractivity contribution in [3.05, 3.63) is 76.5 Å². The summed E-state index contributed by atoms with van der Waals surface area (Å²) in [4.78, 5) is 22.7. The van der Waals surface area contributed by atoms with Crippen LogP contribution in [0.15, 0.2) is 60.8 Å². The molecule has 102 valence electrons. The second-order valence-corrected chi connectivity index (χ2v) is 4.54. The van der Waals surface area contributed by atoms with Gasteiger partial charge in [-0.3, -0.25) is 14.9 Å². The Hall–Kier alpha value is -2.69. The highest BCUT2D eigenvalue weighted by molar-refractivity contribution is 6.01. The molecule has 1 aliphatic rings. The Morgan fingerprint density at radius 2 is 2.05 bits per heavy atom. The van der Waals surface area contributed by atoms with E-state index in [9.17, 15) is 20.0 Å². The minimum Gasteiger partial charge on any atom is -0.508 e. The Balaban J connectivity index is 2.54. The van der Waals surface area contributed by atoms with Crippen molar-refractivity contribution in [3.8, 4) is 5.75 Å². The summed E-state index contributed by atoms with van der Waals surface area (Å²) in [5.74, 6) is -0.244. The molecule has 0 spiro atoms. The standard InChI is InChI=1S/C15H13NO4/c1-2-14(18)15(11-5-7-13(17)8-6-11)9-3-4-12(10-15)16(19)20/h2-9,17H,1,10H2. The second-order valence-electron chi connectivity index (χ2n) is 4.54. The van der Waals surface area contributed by atoms with Gasteiger partial charge in [0, 0.05) is 6.08 Å². The predicted molar refractivity (Wildman–Crippen MR) is 73.8 cm³/mol. The maximum absolute atomic E-state index is 12.3. The van der Waals surface area contributed by atoms with Crippen molar-refractivity contribution < 1.29 is 14.8 Å². The maximum Gasteiger partial charge on any atom is 0.247 e. The number of aromatic hydroxyl groups is 1. The van der Waals surface area contributed by atoms with E-state index in [4.69, 9.17) is 0 Å². The lowest BCUT2D eigenvalue weighted by Crippen LogP contribution is -2.35. The third kappa shape index (κ3) is 2.25. The van der Waals surface area contributed by atoms with Crippen LogP contribution in [0.4, 0.5) is 0 Å². The van der Waals surface area contributed by atoms with Crippen LogP contribution in [0.3, 0.4) is 0 Å². The van der Waals surface area contributed by atoms with Crippen LogP contribution >= 0.6 is 0 Å². The van der Waals surface area contributed by atoms with E-state index in [0.717, 1.165) is 0 Å². The van der Waals surface area contributed by atoms with Crippen LogP contribution in [0.1, 0.15) is 12.0 Å². The number of carbonyl (C=O) groups is 1. The summed E-state index contributed by atoms with van der Waals surface area (Å²) in [5, 5.41) is 20.3. The summed E-state index contributed by atoms with van der Waals surface area (Å²) in [6.07, 6.45) is 5.66. The van der Waals surface area contributed by atoms with Crippen molar-refractivity contribution in [2.45, 2.75) is 11.8 Å². The first-order chi connectivity index (χ1) is 9.49. The number of nitro groups is 1. The number of phenols is 1. The normalized spacial score (nSPS) is 21.1. The van der Waals surface area contributed by atoms with Crippen molar-refractivity contribution in [2.24, 2.45) is 0 Å². The first kappa shape index (κ1) is 13.7. The number of hydrogen-bond acceptors (Lipinski definition) is 4. The lowest BCUT2D eigenvalue weighted by atomic mass is 9.71. The summed E-state index contributed by atoms with van der Waals surface area (Å²) < 4.78 is 0. The van der Waals surface area contributed by atoms with Gasteiger partial charge in [-0.05, 0) is 23.8 Å². The third-order valence-electron chi connectivity index (χ3n) is 3.37. The lowest BCUT2D eigenvalue weighted by Gasteiger charge is -2.29. The number of ketones is 1. The molecule has 0 aromatic heterocycles. The second kappa shape index (κ2) is 5.13. The molecule has 1 unspecified atom stereocenters. The first-order valence-corrected chi connectivity index (χ1v) is 5.99. The highest BCUT2D eigenvalue weighted by atomic mass is 16.6. The molecule has 20 heavy (non-hydrogen) atoms. The van der Waals surface area contributed by atoms with Crippen LogP contribution in [0.2, 0.25) is 0 Å². The highest BCUT2D eigenvalue weighted by Gasteiger charge is 2.41. The molecule has 0 amide bonds. The van der Waals surface area contributed by atoms with Gasteiger partial charge >= 0.3 is 0 Å². The molecule has 0 radical (unpaired) electrons. The lowest BCUT2D eigenvalue weighted by molar-refractivity contribution is -0.428. The number of phenolic OH excluding ortho intramolecular Hbond substituents is 1. The summed E-state index contributed by atoms with van der Waals surface area (Å²) in [7, 11) is 0. The molecule has 1 aromatic rings. The van der Waals surface area contributed by atoms with Gasteiger partial charge in [-0.15, -0.1) is 0 Å². The Morgan fingerprint density at radius 1 is 1.40 bits per heavy atom. The Kier molecular flexibility index (Phi) is 3.52. The van der Waals surface area contributed by atoms with E-state index in [1.807, 2.05) is 0 Å². The molecule has 0 fully saturated rings. The average molecular weight is 271 g/mol. The fourth-order valence-corrected chi connectivity index (χ4v) is 2.30. The Labute approximate surface area is 115 Å². The molecule has 2 rings (SSSR count). The van der Waals surface area contributed by atoms with Crippen molar-refractivity contribution >= 4 is 5.78 Å². The van der Waals surface area contributed by atoms with E-state index < -0.39 is 10.3 Å². The number of hydrogen-bond donors (Lipinski definition) is 1. The van der Waals surface area contributed by atoms with Crippen LogP contribution < -0.4 is 0 Å². The molecule has 0 bridgehead atoms. The van der Waals surface area contributed by atoms with Gasteiger partial charge in [0.25, 0.3) is 0 Å². The van der Waals surface area contributed by atoms with Gasteiger partial charge in [0.2, 0.25) is 5.70 Å². The first-order valence-electron chi connectivity index (χ1n) is 5.99. The topological polar surface area (TPSA) is 80.4 Å². The molecule has 1 aliphatic carbocycles. The van der Waals surface area contributed by atoms with Crippen molar-refractivity contribution in [2.75, 3.05) is 0 Å². The minimum atomic E-state index is -1.13. The molecule has 1 N–H and O–H groups in total. The third-order valence-corrected chi connectivity index (χ3v) is 3.37. The molecule has 1 aromatic carbocycles. The van der Waals surface area contributed by atoms with Crippen LogP contribution in [0.5, 0.6) is 5.75 Å². The van der Waals surface area contributed by atoms with Gasteiger partial charge in [0.15, 0.2) is 5.78 Å². The van der Waals surface area contributed by atoms with Crippen molar-refractivity contribution in [1.82, 2.24) is 0 Å². The van der Waals surface area contributed by atoms with Crippen molar-refractivity contribution in [3.63, 3.8) is 0 Å². The monoisotopic (exact) mass is 271 g/mol. The fourth-order valence-electron chi connectivity index (χ4n) is 2.30. The van der Waals surface area contributed by atoms with E-state index in [0.29, 0.717) is 5.56 Å². The molecule has 1 atom stereocenters. The number of carbonyl (C=O) groups excluding carboxylic acids is 1. The van der Waals surface area contributed by atoms with E-state index in [2.05, 4.69) is 6.58 Å². The van der Waals surface area contributed by atoms with Gasteiger partial charge in [-0.1, -0.05) is 30.9 Å². The number of allylic oxidation sites excluding steroid dienone is 5. The van der Waals surface area contributed by atoms with Crippen LogP contribution in [-0.2, 0) is 10.2 Å². The van der Waals surface area contributed by atoms with Crippen LogP contribution in [0, 0.1) is 10.1 Å². The van der Waals surface area contributed by atoms with Crippen LogP contribution in [-0.4, -0.2) is 15.8 Å². The smallest absolute Gasteiger partial charge is 0.247 e. The molecule has 0 aliphatic heterocycles. The average Bonchev–Trinajstić information content (AvgIpc) is 2.47.